The molecule has 76 valence electrons. The number of aryl methyl sites for hydroxylation is 1. The zero-order valence-electron chi connectivity index (χ0n) is 8.58. The van der Waals surface area contributed by atoms with Crippen LogP contribution in [0.2, 0.25) is 0 Å². The Morgan fingerprint density at radius 3 is 2.64 bits per heavy atom. The summed E-state index contributed by atoms with van der Waals surface area (Å²) in [5.41, 5.74) is 3.32. The molecule has 0 aromatic carbocycles. The van der Waals surface area contributed by atoms with Crippen molar-refractivity contribution >= 4 is 36.1 Å². The van der Waals surface area contributed by atoms with Gasteiger partial charge in [-0.05, 0) is 35.0 Å². The lowest BCUT2D eigenvalue weighted by Gasteiger charge is -2.01. The molecule has 2 aromatic heterocycles. The van der Waals surface area contributed by atoms with Gasteiger partial charge in [0, 0.05) is 4.47 Å². The molecule has 0 aliphatic rings. The molecule has 2 aromatic rings. The minimum Gasteiger partial charge on any atom is -0.298 e. The van der Waals surface area contributed by atoms with Crippen molar-refractivity contribution in [1.82, 2.24) is 9.38 Å². The van der Waals surface area contributed by atoms with Gasteiger partial charge in [-0.15, -0.1) is 0 Å². The van der Waals surface area contributed by atoms with Gasteiger partial charge in [0.05, 0.1) is 16.6 Å². The van der Waals surface area contributed by atoms with E-state index in [4.69, 9.17) is 0 Å². The highest BCUT2D eigenvalue weighted by Crippen LogP contribution is 2.14. The molecule has 0 fully saturated rings. The van der Waals surface area contributed by atoms with Crippen molar-refractivity contribution in [2.75, 3.05) is 0 Å². The van der Waals surface area contributed by atoms with Crippen LogP contribution in [0.25, 0.3) is 5.52 Å². The number of hydrogen-bond donors (Lipinski definition) is 0. The molecule has 0 spiro atoms. The smallest absolute Gasteiger partial charge is 0.100 e. The highest BCUT2D eigenvalue weighted by atomic mass is 79.9. The first kappa shape index (κ1) is 11.7. The van der Waals surface area contributed by atoms with Crippen LogP contribution in [0.1, 0.15) is 19.5 Å². The average molecular weight is 273 g/mol. The van der Waals surface area contributed by atoms with Crippen molar-refractivity contribution in [3.05, 3.63) is 28.6 Å². The Labute approximate surface area is 95.1 Å². The topological polar surface area (TPSA) is 17.3 Å². The fraction of sp³-hybridized carbons (Fsp3) is 0.300. The molecular formula is C10H14BrN2P. The fourth-order valence-electron chi connectivity index (χ4n) is 1.19. The SMILES string of the molecule is CC.Cc1ncn2c(P)c(Br)ccc12. The molecule has 0 amide bonds. The minimum atomic E-state index is 1.06. The Morgan fingerprint density at radius 2 is 2.00 bits per heavy atom. The average Bonchev–Trinajstić information content (AvgIpc) is 2.58. The first-order valence-corrected chi connectivity index (χ1v) is 5.95. The van der Waals surface area contributed by atoms with Crippen LogP contribution in [0.5, 0.6) is 0 Å². The van der Waals surface area contributed by atoms with Gasteiger partial charge in [0.15, 0.2) is 0 Å². The van der Waals surface area contributed by atoms with E-state index in [1.807, 2.05) is 37.6 Å². The molecular weight excluding hydrogens is 259 g/mol. The number of hydrogen-bond acceptors (Lipinski definition) is 1. The summed E-state index contributed by atoms with van der Waals surface area (Å²) in [5, 5.41) is 0. The number of fused-ring (bicyclic) bond motifs is 1. The lowest BCUT2D eigenvalue weighted by molar-refractivity contribution is 1.18. The molecule has 1 unspecified atom stereocenters. The molecule has 2 rings (SSSR count). The molecule has 0 aliphatic heterocycles. The molecule has 4 heteroatoms. The van der Waals surface area contributed by atoms with E-state index in [0.29, 0.717) is 0 Å². The zero-order chi connectivity index (χ0) is 10.7. The van der Waals surface area contributed by atoms with Crippen molar-refractivity contribution < 1.29 is 0 Å². The van der Waals surface area contributed by atoms with Gasteiger partial charge in [-0.1, -0.05) is 23.1 Å². The van der Waals surface area contributed by atoms with Crippen molar-refractivity contribution in [2.24, 2.45) is 0 Å². The molecule has 2 nitrogen and oxygen atoms in total. The van der Waals surface area contributed by atoms with E-state index in [9.17, 15) is 0 Å². The van der Waals surface area contributed by atoms with Gasteiger partial charge in [0.2, 0.25) is 0 Å². The van der Waals surface area contributed by atoms with E-state index in [1.54, 1.807) is 0 Å². The first-order valence-electron chi connectivity index (χ1n) is 4.58. The first-order chi connectivity index (χ1) is 6.70. The Hall–Kier alpha value is -0.400. The molecule has 1 atom stereocenters. The van der Waals surface area contributed by atoms with Gasteiger partial charge in [-0.3, -0.25) is 4.40 Å². The number of imidazole rings is 1. The van der Waals surface area contributed by atoms with Crippen LogP contribution < -0.4 is 5.44 Å². The van der Waals surface area contributed by atoms with Gasteiger partial charge >= 0.3 is 0 Å². The van der Waals surface area contributed by atoms with Crippen LogP contribution in [0.15, 0.2) is 22.9 Å². The molecule has 0 radical (unpaired) electrons. The maximum absolute atomic E-state index is 4.23. The van der Waals surface area contributed by atoms with Gasteiger partial charge in [-0.2, -0.15) is 0 Å². The number of rotatable bonds is 0. The van der Waals surface area contributed by atoms with Crippen LogP contribution in [0.3, 0.4) is 0 Å². The van der Waals surface area contributed by atoms with Gasteiger partial charge in [0.25, 0.3) is 0 Å². The van der Waals surface area contributed by atoms with Gasteiger partial charge in [0.1, 0.15) is 6.33 Å². The van der Waals surface area contributed by atoms with E-state index in [-0.39, 0.29) is 0 Å². The standard InChI is InChI=1S/C8H8BrN2P.C2H6/c1-5-7-3-2-6(9)8(12)11(7)4-10-5;1-2/h2-4H,12H2,1H3;1-2H3. The third-order valence-corrected chi connectivity index (χ3v) is 3.57. The van der Waals surface area contributed by atoms with Crippen LogP contribution in [-0.4, -0.2) is 9.38 Å². The summed E-state index contributed by atoms with van der Waals surface area (Å²) in [6, 6.07) is 4.09. The normalized spacial score (nSPS) is 9.79. The Balaban J connectivity index is 0.000000461. The van der Waals surface area contributed by atoms with E-state index in [2.05, 4.69) is 36.2 Å². The molecule has 14 heavy (non-hydrogen) atoms. The summed E-state index contributed by atoms with van der Waals surface area (Å²) in [4.78, 5) is 4.23. The summed E-state index contributed by atoms with van der Waals surface area (Å²) < 4.78 is 3.13. The third kappa shape index (κ3) is 1.99. The van der Waals surface area contributed by atoms with Crippen molar-refractivity contribution in [3.63, 3.8) is 0 Å². The number of pyridine rings is 1. The zero-order valence-corrected chi connectivity index (χ0v) is 11.3. The van der Waals surface area contributed by atoms with Crippen LogP contribution >= 0.6 is 25.2 Å². The molecule has 0 aliphatic carbocycles. The monoisotopic (exact) mass is 272 g/mol. The van der Waals surface area contributed by atoms with Crippen molar-refractivity contribution in [1.29, 1.82) is 0 Å². The van der Waals surface area contributed by atoms with Crippen LogP contribution in [0.4, 0.5) is 0 Å². The number of nitrogens with zero attached hydrogens (tertiary/aromatic N) is 2. The van der Waals surface area contributed by atoms with Gasteiger partial charge < -0.3 is 0 Å². The quantitative estimate of drug-likeness (QED) is 0.674. The summed E-state index contributed by atoms with van der Waals surface area (Å²) in [6.45, 7) is 6.01. The van der Waals surface area contributed by atoms with E-state index in [0.717, 1.165) is 21.1 Å². The summed E-state index contributed by atoms with van der Waals surface area (Å²) in [6.07, 6.45) is 1.83. The Bertz CT molecular complexity index is 437. The van der Waals surface area contributed by atoms with E-state index >= 15 is 0 Å². The van der Waals surface area contributed by atoms with Crippen molar-refractivity contribution in [2.45, 2.75) is 20.8 Å². The fourth-order valence-corrected chi connectivity index (χ4v) is 1.82. The Morgan fingerprint density at radius 1 is 1.36 bits per heavy atom. The number of halogens is 1. The maximum Gasteiger partial charge on any atom is 0.100 e. The second-order valence-electron chi connectivity index (χ2n) is 2.65. The summed E-state index contributed by atoms with van der Waals surface area (Å²) >= 11 is 3.46. The van der Waals surface area contributed by atoms with Gasteiger partial charge in [-0.25, -0.2) is 4.98 Å². The number of aromatic nitrogens is 2. The Kier molecular flexibility index (Phi) is 4.09. The summed E-state index contributed by atoms with van der Waals surface area (Å²) in [5.74, 6) is 0. The molecule has 0 N–H and O–H groups in total. The van der Waals surface area contributed by atoms with Crippen LogP contribution in [0, 0.1) is 6.92 Å². The molecule has 0 saturated heterocycles. The predicted octanol–water partition coefficient (Wildman–Crippen LogP) is 2.93. The molecule has 2 heterocycles. The largest absolute Gasteiger partial charge is 0.298 e. The second-order valence-corrected chi connectivity index (χ2v) is 4.05. The van der Waals surface area contributed by atoms with Crippen LogP contribution in [-0.2, 0) is 0 Å². The predicted molar refractivity (Wildman–Crippen MR) is 68.3 cm³/mol. The lowest BCUT2D eigenvalue weighted by Crippen LogP contribution is -2.05. The maximum atomic E-state index is 4.23. The van der Waals surface area contributed by atoms with E-state index < -0.39 is 0 Å². The highest BCUT2D eigenvalue weighted by molar-refractivity contribution is 9.10. The summed E-state index contributed by atoms with van der Waals surface area (Å²) in [7, 11) is 2.69. The van der Waals surface area contributed by atoms with Crippen molar-refractivity contribution in [3.8, 4) is 0 Å². The lowest BCUT2D eigenvalue weighted by atomic mass is 10.3. The third-order valence-electron chi connectivity index (χ3n) is 1.89. The highest BCUT2D eigenvalue weighted by Gasteiger charge is 2.03. The molecule has 0 saturated carbocycles. The minimum absolute atomic E-state index is 1.06. The van der Waals surface area contributed by atoms with E-state index in [1.165, 1.54) is 0 Å². The second kappa shape index (κ2) is 4.90. The molecule has 0 bridgehead atoms.